The highest BCUT2D eigenvalue weighted by molar-refractivity contribution is 6.21. The number of carbonyl (C=O) groups is 5. The molecule has 8 nitrogen and oxygen atoms in total. The van der Waals surface area contributed by atoms with Gasteiger partial charge in [0.2, 0.25) is 0 Å². The molecule has 346 valence electrons. The maximum Gasteiger partial charge on any atom is 0.330 e. The van der Waals surface area contributed by atoms with Crippen LogP contribution in [0.25, 0.3) is 0 Å². The SMILES string of the molecule is CCOC(=O)/C=C/[C@@H](C)C1CCC2C3C(CC[C@@]21C)[C@@]1(C)CCC(=O)C=C1[C@H](OC(C)=O)[C@H]3Cl.CCOC(=O)/C=C/[C@@H](C)C1CCC2C3C=CC4=CC(=O)CC[C@]4(C)C3CC[C@@]21C. The molecule has 8 aliphatic carbocycles. The molecule has 8 rings (SSSR count). The minimum absolute atomic E-state index is 0.107. The third kappa shape index (κ3) is 8.66. The Balaban J connectivity index is 0.000000191. The topological polar surface area (TPSA) is 113 Å². The zero-order valence-corrected chi connectivity index (χ0v) is 40.3. The minimum Gasteiger partial charge on any atom is -0.463 e. The van der Waals surface area contributed by atoms with Crippen LogP contribution in [0.2, 0.25) is 0 Å². The van der Waals surface area contributed by atoms with Crippen LogP contribution in [-0.2, 0) is 38.2 Å². The van der Waals surface area contributed by atoms with Crippen molar-refractivity contribution < 1.29 is 38.2 Å². The molecule has 0 saturated heterocycles. The van der Waals surface area contributed by atoms with Crippen LogP contribution in [-0.4, -0.2) is 54.2 Å². The third-order valence-electron chi connectivity index (χ3n) is 18.9. The standard InChI is InChI=1S/C28H39ClO5.C26H36O3/c1-6-33-23(32)10-7-16(2)19-8-9-20-24-21(12-14-27(19,20)4)28(5)13-11-18(31)15-22(28)26(25(24)29)34-17(3)30;1-5-29-24(28)11-6-17(2)21-9-10-22-20-8-7-18-16-19(27)12-14-25(18,3)23(20)13-15-26(21,22)4/h7,10,15-16,19-21,24-26H,6,8-9,11-14H2,1-5H3;6-8,11,16-17,20-23H,5,9-10,12-15H2,1-4H3/b10-7+;11-6+/t16-,19?,20?,21?,24?,25+,26+,27-,28-;17-,20?,21?,22?,23?,25+,26-/m11/s1. The zero-order chi connectivity index (χ0) is 45.6. The lowest BCUT2D eigenvalue weighted by Crippen LogP contribution is -2.59. The van der Waals surface area contributed by atoms with Crippen LogP contribution in [0.1, 0.15) is 139 Å². The van der Waals surface area contributed by atoms with E-state index in [2.05, 4.69) is 59.8 Å². The lowest BCUT2D eigenvalue weighted by atomic mass is 9.45. The van der Waals surface area contributed by atoms with Crippen molar-refractivity contribution in [2.45, 2.75) is 151 Å². The summed E-state index contributed by atoms with van der Waals surface area (Å²) in [7, 11) is 0. The van der Waals surface area contributed by atoms with Gasteiger partial charge in [-0.15, -0.1) is 11.6 Å². The number of ether oxygens (including phenoxy) is 3. The minimum atomic E-state index is -0.544. The number of allylic oxidation sites excluding steroid dienone is 6. The van der Waals surface area contributed by atoms with Gasteiger partial charge in [-0.05, 0) is 182 Å². The molecule has 0 aromatic heterocycles. The molecule has 0 aromatic rings. The van der Waals surface area contributed by atoms with E-state index in [1.165, 1.54) is 38.2 Å². The van der Waals surface area contributed by atoms with Gasteiger partial charge in [0.15, 0.2) is 11.6 Å². The number of ketones is 2. The molecule has 0 heterocycles. The summed E-state index contributed by atoms with van der Waals surface area (Å²) in [5.74, 6) is 4.28. The fraction of sp³-hybridized carbons (Fsp3) is 0.722. The van der Waals surface area contributed by atoms with E-state index >= 15 is 0 Å². The lowest BCUT2D eigenvalue weighted by molar-refractivity contribution is -0.152. The van der Waals surface area contributed by atoms with Gasteiger partial charge in [0, 0.05) is 31.9 Å². The summed E-state index contributed by atoms with van der Waals surface area (Å²) in [5, 5.41) is -0.340. The van der Waals surface area contributed by atoms with Crippen LogP contribution in [0.4, 0.5) is 0 Å². The highest BCUT2D eigenvalue weighted by Gasteiger charge is 2.64. The Kier molecular flexibility index (Phi) is 14.0. The van der Waals surface area contributed by atoms with Crippen molar-refractivity contribution in [3.05, 3.63) is 59.8 Å². The van der Waals surface area contributed by atoms with E-state index in [-0.39, 0.29) is 57.1 Å². The first-order valence-corrected chi connectivity index (χ1v) is 24.9. The summed E-state index contributed by atoms with van der Waals surface area (Å²) in [6.45, 7) is 20.0. The monoisotopic (exact) mass is 887 g/mol. The second-order valence-electron chi connectivity index (χ2n) is 21.8. The third-order valence-corrected chi connectivity index (χ3v) is 19.4. The number of rotatable bonds is 9. The Labute approximate surface area is 382 Å². The quantitative estimate of drug-likeness (QED) is 0.0973. The summed E-state index contributed by atoms with van der Waals surface area (Å²) < 4.78 is 16.0. The number of alkyl halides is 1. The van der Waals surface area contributed by atoms with E-state index in [1.807, 2.05) is 26.0 Å². The lowest BCUT2D eigenvalue weighted by Gasteiger charge is -2.61. The molecule has 5 fully saturated rings. The van der Waals surface area contributed by atoms with Gasteiger partial charge in [0.1, 0.15) is 6.10 Å². The van der Waals surface area contributed by atoms with Crippen LogP contribution < -0.4 is 0 Å². The van der Waals surface area contributed by atoms with Crippen molar-refractivity contribution in [2.24, 2.45) is 80.8 Å². The number of fused-ring (bicyclic) bond motifs is 10. The van der Waals surface area contributed by atoms with E-state index in [1.54, 1.807) is 18.2 Å². The zero-order valence-electron chi connectivity index (χ0n) is 39.6. The first-order valence-electron chi connectivity index (χ1n) is 24.5. The fourth-order valence-electron chi connectivity index (χ4n) is 15.7. The molecule has 0 N–H and O–H groups in total. The van der Waals surface area contributed by atoms with Gasteiger partial charge in [-0.1, -0.05) is 65.8 Å². The average Bonchev–Trinajstić information content (AvgIpc) is 3.78. The average molecular weight is 888 g/mol. The molecule has 9 heteroatoms. The van der Waals surface area contributed by atoms with E-state index < -0.39 is 6.10 Å². The molecule has 63 heavy (non-hydrogen) atoms. The fourth-order valence-corrected chi connectivity index (χ4v) is 16.3. The van der Waals surface area contributed by atoms with Gasteiger partial charge < -0.3 is 14.2 Å². The Morgan fingerprint density at radius 2 is 1.24 bits per heavy atom. The normalized spacial score (nSPS) is 42.2. The number of hydrogen-bond donors (Lipinski definition) is 0. The second kappa shape index (κ2) is 18.6. The van der Waals surface area contributed by atoms with Gasteiger partial charge in [-0.3, -0.25) is 14.4 Å². The highest BCUT2D eigenvalue weighted by Crippen LogP contribution is 2.69. The van der Waals surface area contributed by atoms with Crippen molar-refractivity contribution in [3.8, 4) is 0 Å². The number of halogens is 1. The summed E-state index contributed by atoms with van der Waals surface area (Å²) in [6.07, 6.45) is 27.6. The van der Waals surface area contributed by atoms with Crippen LogP contribution in [0.15, 0.2) is 59.8 Å². The van der Waals surface area contributed by atoms with Crippen LogP contribution in [0.3, 0.4) is 0 Å². The largest absolute Gasteiger partial charge is 0.463 e. The molecule has 0 aromatic carbocycles. The van der Waals surface area contributed by atoms with Gasteiger partial charge in [-0.25, -0.2) is 9.59 Å². The van der Waals surface area contributed by atoms with E-state index in [0.717, 1.165) is 44.1 Å². The highest BCUT2D eigenvalue weighted by atomic mass is 35.5. The van der Waals surface area contributed by atoms with Crippen molar-refractivity contribution in [3.63, 3.8) is 0 Å². The molecule has 0 spiro atoms. The molecule has 0 bridgehead atoms. The van der Waals surface area contributed by atoms with Gasteiger partial charge >= 0.3 is 17.9 Å². The van der Waals surface area contributed by atoms with Gasteiger partial charge in [0.05, 0.1) is 18.6 Å². The second-order valence-corrected chi connectivity index (χ2v) is 22.3. The van der Waals surface area contributed by atoms with Crippen molar-refractivity contribution >= 4 is 41.1 Å². The molecule has 8 aliphatic rings. The number of carbonyl (C=O) groups excluding carboxylic acids is 5. The molecular formula is C54H75ClO8. The Hall–Kier alpha value is -3.26. The molecular weight excluding hydrogens is 812 g/mol. The van der Waals surface area contributed by atoms with Crippen LogP contribution in [0, 0.1) is 80.8 Å². The predicted molar refractivity (Wildman–Crippen MR) is 246 cm³/mol. The Bertz CT molecular complexity index is 1960. The van der Waals surface area contributed by atoms with Crippen molar-refractivity contribution in [2.75, 3.05) is 13.2 Å². The molecule has 8 unspecified atom stereocenters. The summed E-state index contributed by atoms with van der Waals surface area (Å²) in [5.41, 5.74) is 2.64. The van der Waals surface area contributed by atoms with E-state index in [0.29, 0.717) is 84.6 Å². The van der Waals surface area contributed by atoms with Crippen LogP contribution in [0.5, 0.6) is 0 Å². The number of esters is 3. The van der Waals surface area contributed by atoms with E-state index in [4.69, 9.17) is 25.8 Å². The van der Waals surface area contributed by atoms with Crippen LogP contribution >= 0.6 is 11.6 Å². The van der Waals surface area contributed by atoms with Crippen molar-refractivity contribution in [1.29, 1.82) is 0 Å². The van der Waals surface area contributed by atoms with Crippen molar-refractivity contribution in [1.82, 2.24) is 0 Å². The molecule has 0 radical (unpaired) electrons. The smallest absolute Gasteiger partial charge is 0.330 e. The maximum atomic E-state index is 12.4. The first kappa shape index (κ1) is 47.7. The predicted octanol–water partition coefficient (Wildman–Crippen LogP) is 11.3. The number of hydrogen-bond acceptors (Lipinski definition) is 8. The molecule has 0 amide bonds. The summed E-state index contributed by atoms with van der Waals surface area (Å²) in [4.78, 5) is 60.0. The van der Waals surface area contributed by atoms with E-state index in [9.17, 15) is 24.0 Å². The molecule has 0 aliphatic heterocycles. The Morgan fingerprint density at radius 3 is 1.81 bits per heavy atom. The molecule has 5 saturated carbocycles. The first-order chi connectivity index (χ1) is 29.8. The van der Waals surface area contributed by atoms with Gasteiger partial charge in [0.25, 0.3) is 0 Å². The molecule has 16 atom stereocenters. The summed E-state index contributed by atoms with van der Waals surface area (Å²) >= 11 is 7.22. The van der Waals surface area contributed by atoms with Gasteiger partial charge in [-0.2, -0.15) is 0 Å². The summed E-state index contributed by atoms with van der Waals surface area (Å²) in [6, 6.07) is 0. The Morgan fingerprint density at radius 1 is 0.714 bits per heavy atom. The maximum absolute atomic E-state index is 12.4.